The maximum atomic E-state index is 5.76. The van der Waals surface area contributed by atoms with E-state index in [0.717, 1.165) is 6.42 Å². The van der Waals surface area contributed by atoms with E-state index in [0.29, 0.717) is 37.2 Å². The summed E-state index contributed by atoms with van der Waals surface area (Å²) in [5, 5.41) is 8.80. The van der Waals surface area contributed by atoms with Gasteiger partial charge in [-0.3, -0.25) is 4.99 Å². The summed E-state index contributed by atoms with van der Waals surface area (Å²) in [5.74, 6) is 1.71. The molecule has 2 aromatic heterocycles. The van der Waals surface area contributed by atoms with Crippen LogP contribution in [0.15, 0.2) is 27.0 Å². The van der Waals surface area contributed by atoms with Crippen molar-refractivity contribution in [3.63, 3.8) is 0 Å². The van der Waals surface area contributed by atoms with Crippen molar-refractivity contribution in [3.05, 3.63) is 34.1 Å². The number of hydrogen-bond donors (Lipinski definition) is 2. The summed E-state index contributed by atoms with van der Waals surface area (Å²) < 4.78 is 5.00. The lowest BCUT2D eigenvalue weighted by Gasteiger charge is -2.03. The van der Waals surface area contributed by atoms with E-state index in [-0.39, 0.29) is 24.0 Å². The van der Waals surface area contributed by atoms with Gasteiger partial charge in [-0.1, -0.05) is 11.2 Å². The van der Waals surface area contributed by atoms with Gasteiger partial charge in [0.05, 0.1) is 0 Å². The molecule has 6 nitrogen and oxygen atoms in total. The summed E-state index contributed by atoms with van der Waals surface area (Å²) in [6.45, 7) is 3.12. The van der Waals surface area contributed by atoms with Gasteiger partial charge in [0.1, 0.15) is 0 Å². The third kappa shape index (κ3) is 5.87. The largest absolute Gasteiger partial charge is 0.370 e. The highest BCUT2D eigenvalue weighted by molar-refractivity contribution is 14.0. The highest BCUT2D eigenvalue weighted by Crippen LogP contribution is 2.08. The van der Waals surface area contributed by atoms with Crippen LogP contribution >= 0.6 is 35.3 Å². The highest BCUT2D eigenvalue weighted by Gasteiger charge is 2.02. The van der Waals surface area contributed by atoms with Crippen LogP contribution in [0.1, 0.15) is 16.6 Å². The maximum absolute atomic E-state index is 5.76. The minimum Gasteiger partial charge on any atom is -0.370 e. The van der Waals surface area contributed by atoms with Crippen LogP contribution in [0.3, 0.4) is 0 Å². The Labute approximate surface area is 138 Å². The molecule has 0 atom stereocenters. The second-order valence-corrected chi connectivity index (χ2v) is 5.04. The number of guanidine groups is 1. The number of aromatic nitrogens is 2. The molecule has 2 heterocycles. The number of thiophene rings is 1. The molecular weight excluding hydrogens is 389 g/mol. The fraction of sp³-hybridized carbons (Fsp3) is 0.417. The Morgan fingerprint density at radius 3 is 3.00 bits per heavy atom. The fourth-order valence-corrected chi connectivity index (χ4v) is 2.23. The third-order valence-electron chi connectivity index (χ3n) is 2.44. The van der Waals surface area contributed by atoms with Crippen LogP contribution in [-0.2, 0) is 12.8 Å². The molecule has 0 aromatic carbocycles. The molecule has 110 valence electrons. The number of nitrogens with zero attached hydrogens (tertiary/aromatic N) is 3. The summed E-state index contributed by atoms with van der Waals surface area (Å²) in [6.07, 6.45) is 1.56. The molecular formula is C12H18IN5OS. The van der Waals surface area contributed by atoms with Gasteiger partial charge in [-0.05, 0) is 18.4 Å². The normalized spacial score (nSPS) is 11.2. The van der Waals surface area contributed by atoms with E-state index >= 15 is 0 Å². The van der Waals surface area contributed by atoms with E-state index in [1.54, 1.807) is 18.3 Å². The summed E-state index contributed by atoms with van der Waals surface area (Å²) in [7, 11) is 0. The molecule has 0 spiro atoms. The number of halogens is 1. The van der Waals surface area contributed by atoms with E-state index < -0.39 is 0 Å². The Morgan fingerprint density at radius 2 is 2.35 bits per heavy atom. The van der Waals surface area contributed by atoms with Crippen LogP contribution in [0.25, 0.3) is 0 Å². The van der Waals surface area contributed by atoms with Crippen molar-refractivity contribution in [2.75, 3.05) is 13.1 Å². The van der Waals surface area contributed by atoms with Crippen molar-refractivity contribution in [1.82, 2.24) is 15.5 Å². The lowest BCUT2D eigenvalue weighted by Crippen LogP contribution is -2.33. The van der Waals surface area contributed by atoms with E-state index in [1.807, 2.05) is 6.07 Å². The second-order valence-electron chi connectivity index (χ2n) is 4.01. The molecule has 2 aromatic rings. The van der Waals surface area contributed by atoms with Gasteiger partial charge in [0.25, 0.3) is 0 Å². The smallest absolute Gasteiger partial charge is 0.228 e. The minimum atomic E-state index is 0. The number of aryl methyl sites for hydroxylation is 1. The van der Waals surface area contributed by atoms with Gasteiger partial charge >= 0.3 is 0 Å². The summed E-state index contributed by atoms with van der Waals surface area (Å²) in [6, 6.07) is 4.14. The molecule has 0 aliphatic rings. The molecule has 0 aliphatic carbocycles. The van der Waals surface area contributed by atoms with Gasteiger partial charge in [-0.25, -0.2) is 0 Å². The highest BCUT2D eigenvalue weighted by atomic mass is 127. The maximum Gasteiger partial charge on any atom is 0.228 e. The number of aliphatic imine (C=N–C) groups is 1. The third-order valence-corrected chi connectivity index (χ3v) is 3.37. The van der Waals surface area contributed by atoms with Crippen LogP contribution in [0, 0.1) is 6.92 Å². The summed E-state index contributed by atoms with van der Waals surface area (Å²) >= 11 is 1.73. The van der Waals surface area contributed by atoms with Crippen LogP contribution < -0.4 is 11.1 Å². The van der Waals surface area contributed by atoms with Crippen molar-refractivity contribution >= 4 is 41.3 Å². The first-order valence-corrected chi connectivity index (χ1v) is 6.97. The monoisotopic (exact) mass is 407 g/mol. The number of rotatable bonds is 6. The van der Waals surface area contributed by atoms with Gasteiger partial charge in [-0.15, -0.1) is 35.3 Å². The zero-order chi connectivity index (χ0) is 13.5. The Balaban J connectivity index is 0.00000200. The van der Waals surface area contributed by atoms with Crippen molar-refractivity contribution in [2.45, 2.75) is 19.8 Å². The second kappa shape index (κ2) is 8.90. The van der Waals surface area contributed by atoms with Gasteiger partial charge < -0.3 is 15.6 Å². The molecule has 3 N–H and O–H groups in total. The van der Waals surface area contributed by atoms with Crippen molar-refractivity contribution in [3.8, 4) is 0 Å². The lowest BCUT2D eigenvalue weighted by atomic mass is 10.3. The SMILES string of the molecule is Cc1noc(CCNC(N)=NCCc2cccs2)n1.I. The Bertz CT molecular complexity index is 526. The molecule has 0 saturated carbocycles. The van der Waals surface area contributed by atoms with E-state index in [2.05, 4.69) is 31.9 Å². The van der Waals surface area contributed by atoms with Crippen LogP contribution in [-0.4, -0.2) is 29.2 Å². The van der Waals surface area contributed by atoms with Crippen LogP contribution in [0.2, 0.25) is 0 Å². The van der Waals surface area contributed by atoms with E-state index in [9.17, 15) is 0 Å². The summed E-state index contributed by atoms with van der Waals surface area (Å²) in [5.41, 5.74) is 5.76. The predicted octanol–water partition coefficient (Wildman–Crippen LogP) is 1.75. The molecule has 0 bridgehead atoms. The van der Waals surface area contributed by atoms with Crippen molar-refractivity contribution in [1.29, 1.82) is 0 Å². The molecule has 0 unspecified atom stereocenters. The average molecular weight is 407 g/mol. The molecule has 0 saturated heterocycles. The predicted molar refractivity (Wildman–Crippen MR) is 90.7 cm³/mol. The minimum absolute atomic E-state index is 0. The number of nitrogens with one attached hydrogen (secondary N) is 1. The molecule has 2 rings (SSSR count). The lowest BCUT2D eigenvalue weighted by molar-refractivity contribution is 0.374. The molecule has 0 aliphatic heterocycles. The molecule has 20 heavy (non-hydrogen) atoms. The van der Waals surface area contributed by atoms with Crippen molar-refractivity contribution in [2.24, 2.45) is 10.7 Å². The molecule has 0 fully saturated rings. The van der Waals surface area contributed by atoms with Crippen LogP contribution in [0.5, 0.6) is 0 Å². The number of nitrogens with two attached hydrogens (primary N) is 1. The molecule has 0 amide bonds. The quantitative estimate of drug-likeness (QED) is 0.433. The zero-order valence-electron chi connectivity index (χ0n) is 11.2. The first-order valence-electron chi connectivity index (χ1n) is 6.09. The van der Waals surface area contributed by atoms with Crippen LogP contribution in [0.4, 0.5) is 0 Å². The molecule has 0 radical (unpaired) electrons. The van der Waals surface area contributed by atoms with Gasteiger partial charge in [-0.2, -0.15) is 4.98 Å². The average Bonchev–Trinajstić information content (AvgIpc) is 3.01. The first-order chi connectivity index (χ1) is 9.24. The topological polar surface area (TPSA) is 89.3 Å². The first kappa shape index (κ1) is 16.9. The summed E-state index contributed by atoms with van der Waals surface area (Å²) in [4.78, 5) is 9.68. The van der Waals surface area contributed by atoms with Gasteiger partial charge in [0.15, 0.2) is 11.8 Å². The zero-order valence-corrected chi connectivity index (χ0v) is 14.4. The Morgan fingerprint density at radius 1 is 1.50 bits per heavy atom. The van der Waals surface area contributed by atoms with E-state index in [4.69, 9.17) is 10.3 Å². The fourth-order valence-electron chi connectivity index (χ4n) is 1.54. The standard InChI is InChI=1S/C12H17N5OS.HI/c1-9-16-11(18-17-9)5-7-15-12(13)14-6-4-10-3-2-8-19-10;/h2-3,8H,4-7H2,1H3,(H3,13,14,15);1H. The number of hydrogen-bond acceptors (Lipinski definition) is 5. The van der Waals surface area contributed by atoms with Gasteiger partial charge in [0, 0.05) is 30.8 Å². The van der Waals surface area contributed by atoms with E-state index in [1.165, 1.54) is 4.88 Å². The Kier molecular flexibility index (Phi) is 7.52. The van der Waals surface area contributed by atoms with Gasteiger partial charge in [0.2, 0.25) is 5.89 Å². The molecule has 8 heteroatoms. The Hall–Kier alpha value is -1.16. The van der Waals surface area contributed by atoms with Crippen molar-refractivity contribution < 1.29 is 4.52 Å².